The molecule has 0 saturated heterocycles. The lowest BCUT2D eigenvalue weighted by atomic mass is 9.61. The molecule has 0 aliphatic heterocycles. The van der Waals surface area contributed by atoms with E-state index < -0.39 is 0 Å². The fourth-order valence-corrected chi connectivity index (χ4v) is 6.59. The maximum absolute atomic E-state index is 14.6. The summed E-state index contributed by atoms with van der Waals surface area (Å²) in [7, 11) is 0. The molecule has 4 unspecified atom stereocenters. The van der Waals surface area contributed by atoms with Crippen LogP contribution in [0.15, 0.2) is 43.5 Å². The Morgan fingerprint density at radius 1 is 0.862 bits per heavy atom. The highest BCUT2D eigenvalue weighted by Crippen LogP contribution is 2.50. The highest BCUT2D eigenvalue weighted by Gasteiger charge is 2.38. The van der Waals surface area contributed by atoms with Gasteiger partial charge >= 0.3 is 0 Å². The highest BCUT2D eigenvalue weighted by molar-refractivity contribution is 5.31. The summed E-state index contributed by atoms with van der Waals surface area (Å²) in [6, 6.07) is 5.41. The molecule has 0 spiro atoms. The molecule has 3 fully saturated rings. The maximum atomic E-state index is 14.6. The van der Waals surface area contributed by atoms with E-state index in [-0.39, 0.29) is 5.82 Å². The number of halogens is 1. The largest absolute Gasteiger partial charge is 0.489 e. The summed E-state index contributed by atoms with van der Waals surface area (Å²) < 4.78 is 20.1. The van der Waals surface area contributed by atoms with E-state index in [2.05, 4.69) is 19.2 Å². The summed E-state index contributed by atoms with van der Waals surface area (Å²) in [6.45, 7) is 8.09. The Balaban J connectivity index is 1.30. The van der Waals surface area contributed by atoms with Gasteiger partial charge in [0, 0.05) is 6.07 Å². The van der Waals surface area contributed by atoms with Gasteiger partial charge in [0.25, 0.3) is 0 Å². The summed E-state index contributed by atoms with van der Waals surface area (Å²) >= 11 is 0. The molecule has 0 aromatic heterocycles. The van der Waals surface area contributed by atoms with Crippen LogP contribution in [0.5, 0.6) is 5.75 Å². The van der Waals surface area contributed by atoms with Gasteiger partial charge in [0.15, 0.2) is 0 Å². The quantitative estimate of drug-likeness (QED) is 0.448. The molecule has 3 aliphatic rings. The zero-order valence-corrected chi connectivity index (χ0v) is 17.8. The average molecular weight is 397 g/mol. The molecule has 0 heterocycles. The van der Waals surface area contributed by atoms with Crippen molar-refractivity contribution in [3.8, 4) is 5.75 Å². The van der Waals surface area contributed by atoms with Crippen molar-refractivity contribution in [3.05, 3.63) is 54.9 Å². The Kier molecular flexibility index (Phi) is 6.77. The number of benzene rings is 1. The molecule has 0 bridgehead atoms. The van der Waals surface area contributed by atoms with E-state index in [9.17, 15) is 4.39 Å². The van der Waals surface area contributed by atoms with E-state index in [0.29, 0.717) is 18.3 Å². The summed E-state index contributed by atoms with van der Waals surface area (Å²) in [4.78, 5) is 0. The predicted molar refractivity (Wildman–Crippen MR) is 119 cm³/mol. The minimum atomic E-state index is -0.102. The Hall–Kier alpha value is -1.57. The van der Waals surface area contributed by atoms with Gasteiger partial charge in [-0.15, -0.1) is 6.58 Å². The van der Waals surface area contributed by atoms with Crippen molar-refractivity contribution in [2.24, 2.45) is 29.6 Å². The SMILES string of the molecule is C=CCOc1ccc(C2CCC(C3CCC4CC(C=C)CCC4C3)CC2)c(F)c1. The van der Waals surface area contributed by atoms with Crippen molar-refractivity contribution in [1.29, 1.82) is 0 Å². The van der Waals surface area contributed by atoms with Crippen LogP contribution >= 0.6 is 0 Å². The van der Waals surface area contributed by atoms with Crippen LogP contribution in [0, 0.1) is 35.4 Å². The average Bonchev–Trinajstić information content (AvgIpc) is 2.77. The standard InChI is InChI=1S/C27H37FO/c1-3-15-29-25-13-14-26(27(28)18-25)21-9-7-20(8-10-21)23-12-11-22-16-19(4-2)5-6-24(22)17-23/h3-4,13-14,18-24H,1-2,5-12,15-17H2. The zero-order chi connectivity index (χ0) is 20.2. The monoisotopic (exact) mass is 396 g/mol. The first-order chi connectivity index (χ1) is 14.2. The lowest BCUT2D eigenvalue weighted by Gasteiger charge is -2.45. The molecule has 2 heteroatoms. The van der Waals surface area contributed by atoms with E-state index in [1.54, 1.807) is 12.1 Å². The van der Waals surface area contributed by atoms with Crippen molar-refractivity contribution < 1.29 is 9.13 Å². The van der Waals surface area contributed by atoms with Crippen LogP contribution in [0.4, 0.5) is 4.39 Å². The van der Waals surface area contributed by atoms with E-state index in [1.807, 2.05) is 12.1 Å². The fourth-order valence-electron chi connectivity index (χ4n) is 6.59. The Morgan fingerprint density at radius 2 is 1.52 bits per heavy atom. The number of ether oxygens (including phenoxy) is 1. The molecule has 4 rings (SSSR count). The van der Waals surface area contributed by atoms with Crippen LogP contribution in [0.1, 0.15) is 75.7 Å². The number of fused-ring (bicyclic) bond motifs is 1. The predicted octanol–water partition coefficient (Wildman–Crippen LogP) is 7.68. The maximum Gasteiger partial charge on any atom is 0.130 e. The highest BCUT2D eigenvalue weighted by atomic mass is 19.1. The third-order valence-electron chi connectivity index (χ3n) is 8.25. The molecule has 0 N–H and O–H groups in total. The molecular formula is C27H37FO. The summed E-state index contributed by atoms with van der Waals surface area (Å²) in [6.07, 6.45) is 17.2. The number of hydrogen-bond acceptors (Lipinski definition) is 1. The molecule has 3 aliphatic carbocycles. The second kappa shape index (κ2) is 9.49. The molecule has 0 radical (unpaired) electrons. The van der Waals surface area contributed by atoms with Crippen molar-refractivity contribution in [3.63, 3.8) is 0 Å². The van der Waals surface area contributed by atoms with Crippen molar-refractivity contribution in [2.75, 3.05) is 6.61 Å². The molecular weight excluding hydrogens is 359 g/mol. The van der Waals surface area contributed by atoms with Crippen molar-refractivity contribution in [2.45, 2.75) is 70.1 Å². The number of allylic oxidation sites excluding steroid dienone is 1. The van der Waals surface area contributed by atoms with Gasteiger partial charge in [0.1, 0.15) is 18.2 Å². The summed E-state index contributed by atoms with van der Waals surface area (Å²) in [5.41, 5.74) is 0.890. The van der Waals surface area contributed by atoms with Gasteiger partial charge in [0.05, 0.1) is 0 Å². The molecule has 1 aromatic carbocycles. The number of hydrogen-bond donors (Lipinski definition) is 0. The minimum absolute atomic E-state index is 0.102. The van der Waals surface area contributed by atoms with E-state index in [4.69, 9.17) is 4.74 Å². The topological polar surface area (TPSA) is 9.23 Å². The lowest BCUT2D eigenvalue weighted by molar-refractivity contribution is 0.0718. The molecule has 158 valence electrons. The van der Waals surface area contributed by atoms with Crippen LogP contribution in [0.25, 0.3) is 0 Å². The lowest BCUT2D eigenvalue weighted by Crippen LogP contribution is -2.34. The zero-order valence-electron chi connectivity index (χ0n) is 17.8. The molecule has 4 atom stereocenters. The first-order valence-electron chi connectivity index (χ1n) is 11.8. The van der Waals surface area contributed by atoms with Crippen LogP contribution in [-0.4, -0.2) is 6.61 Å². The van der Waals surface area contributed by atoms with Gasteiger partial charge in [0.2, 0.25) is 0 Å². The third-order valence-corrected chi connectivity index (χ3v) is 8.25. The van der Waals surface area contributed by atoms with E-state index in [1.165, 1.54) is 51.4 Å². The normalized spacial score (nSPS) is 34.8. The minimum Gasteiger partial charge on any atom is -0.489 e. The Labute approximate surface area is 176 Å². The van der Waals surface area contributed by atoms with Gasteiger partial charge in [-0.05, 0) is 111 Å². The van der Waals surface area contributed by atoms with Crippen molar-refractivity contribution >= 4 is 0 Å². The second-order valence-electron chi connectivity index (χ2n) is 9.80. The van der Waals surface area contributed by atoms with Gasteiger partial charge in [-0.2, -0.15) is 0 Å². The van der Waals surface area contributed by atoms with Crippen LogP contribution in [0.3, 0.4) is 0 Å². The van der Waals surface area contributed by atoms with Crippen LogP contribution < -0.4 is 4.74 Å². The summed E-state index contributed by atoms with van der Waals surface area (Å²) in [5, 5.41) is 0. The Morgan fingerprint density at radius 3 is 2.21 bits per heavy atom. The van der Waals surface area contributed by atoms with Crippen LogP contribution in [0.2, 0.25) is 0 Å². The van der Waals surface area contributed by atoms with Gasteiger partial charge in [-0.25, -0.2) is 4.39 Å². The smallest absolute Gasteiger partial charge is 0.130 e. The summed E-state index contributed by atoms with van der Waals surface area (Å²) in [5.74, 6) is 5.33. The van der Waals surface area contributed by atoms with E-state index >= 15 is 0 Å². The first kappa shape index (κ1) is 20.7. The first-order valence-corrected chi connectivity index (χ1v) is 11.8. The number of rotatable bonds is 6. The second-order valence-corrected chi connectivity index (χ2v) is 9.80. The van der Waals surface area contributed by atoms with Gasteiger partial charge in [-0.1, -0.05) is 24.8 Å². The van der Waals surface area contributed by atoms with Crippen LogP contribution in [-0.2, 0) is 0 Å². The van der Waals surface area contributed by atoms with Crippen molar-refractivity contribution in [1.82, 2.24) is 0 Å². The third kappa shape index (κ3) is 4.78. The molecule has 3 saturated carbocycles. The van der Waals surface area contributed by atoms with Gasteiger partial charge < -0.3 is 4.74 Å². The molecule has 1 aromatic rings. The van der Waals surface area contributed by atoms with Gasteiger partial charge in [-0.3, -0.25) is 0 Å². The molecule has 1 nitrogen and oxygen atoms in total. The fraction of sp³-hybridized carbons (Fsp3) is 0.630. The molecule has 0 amide bonds. The van der Waals surface area contributed by atoms with E-state index in [0.717, 1.165) is 48.0 Å². The molecule has 29 heavy (non-hydrogen) atoms. The Bertz CT molecular complexity index is 702.